The van der Waals surface area contributed by atoms with Crippen molar-refractivity contribution in [2.75, 3.05) is 5.75 Å². The predicted octanol–water partition coefficient (Wildman–Crippen LogP) is 2.63. The zero-order valence-electron chi connectivity index (χ0n) is 14.9. The van der Waals surface area contributed by atoms with Gasteiger partial charge in [0.2, 0.25) is 5.79 Å². The first kappa shape index (κ1) is 17.2. The molecule has 8 atom stereocenters. The van der Waals surface area contributed by atoms with E-state index in [0.29, 0.717) is 5.92 Å². The highest BCUT2D eigenvalue weighted by molar-refractivity contribution is 7.91. The quantitative estimate of drug-likeness (QED) is 0.705. The van der Waals surface area contributed by atoms with Crippen LogP contribution in [-0.4, -0.2) is 37.3 Å². The molecule has 4 aliphatic heterocycles. The summed E-state index contributed by atoms with van der Waals surface area (Å²) < 4.78 is 37.4. The van der Waals surface area contributed by atoms with Crippen molar-refractivity contribution < 1.29 is 27.7 Å². The van der Waals surface area contributed by atoms with Crippen molar-refractivity contribution in [2.45, 2.75) is 76.5 Å². The van der Waals surface area contributed by atoms with Gasteiger partial charge < -0.3 is 9.47 Å². The van der Waals surface area contributed by atoms with E-state index in [1.807, 2.05) is 13.8 Å². The molecule has 4 saturated heterocycles. The molecule has 0 unspecified atom stereocenters. The molecule has 138 valence electrons. The van der Waals surface area contributed by atoms with Crippen LogP contribution in [0.4, 0.5) is 0 Å². The summed E-state index contributed by atoms with van der Waals surface area (Å²) in [5.74, 6) is -0.131. The van der Waals surface area contributed by atoms with Gasteiger partial charge >= 0.3 is 0 Å². The van der Waals surface area contributed by atoms with Gasteiger partial charge in [-0.2, -0.15) is 0 Å². The lowest BCUT2D eigenvalue weighted by Crippen LogP contribution is -2.71. The molecule has 5 rings (SSSR count). The Labute approximate surface area is 144 Å². The number of hydrogen-bond donors (Lipinski definition) is 0. The Morgan fingerprint density at radius 3 is 2.54 bits per heavy atom. The molecule has 24 heavy (non-hydrogen) atoms. The molecule has 1 aliphatic carbocycles. The number of rotatable bonds is 2. The molecule has 0 amide bonds. The fourth-order valence-electron chi connectivity index (χ4n) is 5.45. The van der Waals surface area contributed by atoms with E-state index in [9.17, 15) is 8.42 Å². The molecule has 0 aromatic rings. The first-order valence-electron chi connectivity index (χ1n) is 9.15. The Kier molecular flexibility index (Phi) is 3.87. The molecule has 5 fully saturated rings. The van der Waals surface area contributed by atoms with Crippen LogP contribution in [0.15, 0.2) is 0 Å². The molecule has 6 nitrogen and oxygen atoms in total. The second-order valence-electron chi connectivity index (χ2n) is 8.23. The topological polar surface area (TPSA) is 71.1 Å². The standard InChI is InChI=1S/C17H28O6S/c1-5-24(18,19)14-11(3)13-7-6-10(2)12-8-9-16(4)21-15(20-14)17(12,13)23-22-16/h10-15H,5-9H2,1-4H3/t10-,11-,12+,13+,14+,15-,16-,17-/m1/s1. The third kappa shape index (κ3) is 2.18. The van der Waals surface area contributed by atoms with Crippen LogP contribution in [0.3, 0.4) is 0 Å². The maximum Gasteiger partial charge on any atom is 0.201 e. The molecule has 5 aliphatic rings. The first-order chi connectivity index (χ1) is 11.2. The monoisotopic (exact) mass is 360 g/mol. The molecule has 1 saturated carbocycles. The largest absolute Gasteiger partial charge is 0.330 e. The van der Waals surface area contributed by atoms with Gasteiger partial charge in [0.25, 0.3) is 0 Å². The van der Waals surface area contributed by atoms with E-state index in [1.54, 1.807) is 6.92 Å². The molecule has 0 aromatic carbocycles. The third-order valence-electron chi connectivity index (χ3n) is 6.85. The van der Waals surface area contributed by atoms with Gasteiger partial charge in [0.1, 0.15) is 0 Å². The lowest BCUT2D eigenvalue weighted by molar-refractivity contribution is -0.568. The normalized spacial score (nSPS) is 54.2. The van der Waals surface area contributed by atoms with Crippen LogP contribution in [0.1, 0.15) is 53.4 Å². The van der Waals surface area contributed by atoms with Gasteiger partial charge in [0.05, 0.1) is 0 Å². The van der Waals surface area contributed by atoms with Crippen LogP contribution in [-0.2, 0) is 29.1 Å². The molecule has 2 bridgehead atoms. The van der Waals surface area contributed by atoms with Crippen molar-refractivity contribution in [3.63, 3.8) is 0 Å². The molecule has 0 aromatic heterocycles. The van der Waals surface area contributed by atoms with Gasteiger partial charge in [-0.3, -0.25) is 0 Å². The van der Waals surface area contributed by atoms with Crippen molar-refractivity contribution >= 4 is 9.84 Å². The first-order valence-corrected chi connectivity index (χ1v) is 10.9. The summed E-state index contributed by atoms with van der Waals surface area (Å²) in [6, 6.07) is 0. The van der Waals surface area contributed by atoms with E-state index in [1.165, 1.54) is 0 Å². The van der Waals surface area contributed by atoms with Crippen molar-refractivity contribution in [3.8, 4) is 0 Å². The van der Waals surface area contributed by atoms with E-state index < -0.39 is 33.0 Å². The summed E-state index contributed by atoms with van der Waals surface area (Å²) in [5, 5.41) is 0. The Bertz CT molecular complexity index is 621. The Balaban J connectivity index is 1.80. The summed E-state index contributed by atoms with van der Waals surface area (Å²) >= 11 is 0. The van der Waals surface area contributed by atoms with Crippen LogP contribution < -0.4 is 0 Å². The minimum Gasteiger partial charge on any atom is -0.330 e. The highest BCUT2D eigenvalue weighted by Crippen LogP contribution is 2.60. The van der Waals surface area contributed by atoms with E-state index in [-0.39, 0.29) is 23.5 Å². The number of ether oxygens (including phenoxy) is 2. The van der Waals surface area contributed by atoms with Crippen molar-refractivity contribution in [3.05, 3.63) is 0 Å². The van der Waals surface area contributed by atoms with Crippen molar-refractivity contribution in [1.29, 1.82) is 0 Å². The SMILES string of the molecule is CCS(=O)(=O)[C@@H]1O[C@@H]2O[C@@]3(C)CC[C@H]4[C@H](C)CC[C@@H]([C@H]1C)[C@@]24OO3. The van der Waals surface area contributed by atoms with Gasteiger partial charge in [-0.25, -0.2) is 18.2 Å². The predicted molar refractivity (Wildman–Crippen MR) is 86.3 cm³/mol. The lowest BCUT2D eigenvalue weighted by Gasteiger charge is -2.60. The summed E-state index contributed by atoms with van der Waals surface area (Å²) in [5.41, 5.74) is -1.52. The fraction of sp³-hybridized carbons (Fsp3) is 1.00. The average molecular weight is 360 g/mol. The smallest absolute Gasteiger partial charge is 0.201 e. The van der Waals surface area contributed by atoms with Crippen molar-refractivity contribution in [1.82, 2.24) is 0 Å². The van der Waals surface area contributed by atoms with Crippen LogP contribution in [0, 0.1) is 23.7 Å². The summed E-state index contributed by atoms with van der Waals surface area (Å²) in [6.07, 6.45) is 2.99. The lowest BCUT2D eigenvalue weighted by atomic mass is 9.58. The van der Waals surface area contributed by atoms with Crippen molar-refractivity contribution in [2.24, 2.45) is 23.7 Å². The Hall–Kier alpha value is -0.210. The molecule has 4 heterocycles. The summed E-state index contributed by atoms with van der Waals surface area (Å²) in [7, 11) is -3.32. The molecule has 7 heteroatoms. The van der Waals surface area contributed by atoms with E-state index >= 15 is 0 Å². The average Bonchev–Trinajstić information content (AvgIpc) is 2.77. The highest BCUT2D eigenvalue weighted by atomic mass is 32.2. The third-order valence-corrected chi connectivity index (χ3v) is 8.91. The summed E-state index contributed by atoms with van der Waals surface area (Å²) in [6.45, 7) is 7.74. The molecule has 0 radical (unpaired) electrons. The maximum atomic E-state index is 12.6. The van der Waals surface area contributed by atoms with E-state index in [4.69, 9.17) is 19.2 Å². The van der Waals surface area contributed by atoms with E-state index in [2.05, 4.69) is 6.92 Å². The molecule has 1 spiro atoms. The molecular weight excluding hydrogens is 332 g/mol. The van der Waals surface area contributed by atoms with Gasteiger partial charge in [-0.1, -0.05) is 20.8 Å². The Morgan fingerprint density at radius 1 is 1.08 bits per heavy atom. The summed E-state index contributed by atoms with van der Waals surface area (Å²) in [4.78, 5) is 11.7. The van der Waals surface area contributed by atoms with Crippen LogP contribution in [0.2, 0.25) is 0 Å². The van der Waals surface area contributed by atoms with Gasteiger partial charge in [-0.05, 0) is 38.0 Å². The Morgan fingerprint density at radius 2 is 1.83 bits per heavy atom. The number of fused-ring (bicyclic) bond motifs is 2. The minimum absolute atomic E-state index is 0.0615. The zero-order chi connectivity index (χ0) is 17.3. The van der Waals surface area contributed by atoms with Gasteiger partial charge in [-0.15, -0.1) is 0 Å². The maximum absolute atomic E-state index is 12.6. The van der Waals surface area contributed by atoms with Crippen LogP contribution in [0.25, 0.3) is 0 Å². The van der Waals surface area contributed by atoms with Crippen LogP contribution >= 0.6 is 0 Å². The highest BCUT2D eigenvalue weighted by Gasteiger charge is 2.70. The second-order valence-corrected chi connectivity index (χ2v) is 10.6. The molecule has 0 N–H and O–H groups in total. The fourth-order valence-corrected chi connectivity index (χ4v) is 6.89. The molecular formula is C17H28O6S. The van der Waals surface area contributed by atoms with E-state index in [0.717, 1.165) is 25.7 Å². The number of hydrogen-bond acceptors (Lipinski definition) is 6. The second kappa shape index (κ2) is 5.39. The number of sulfone groups is 1. The minimum atomic E-state index is -3.32. The van der Waals surface area contributed by atoms with Gasteiger partial charge in [0, 0.05) is 24.0 Å². The van der Waals surface area contributed by atoms with Crippen LogP contribution in [0.5, 0.6) is 0 Å². The zero-order valence-corrected chi connectivity index (χ0v) is 15.7. The van der Waals surface area contributed by atoms with Gasteiger partial charge in [0.15, 0.2) is 27.2 Å².